The van der Waals surface area contributed by atoms with Crippen LogP contribution in [0.2, 0.25) is 0 Å². The van der Waals surface area contributed by atoms with Crippen molar-refractivity contribution in [2.45, 2.75) is 93.5 Å². The highest BCUT2D eigenvalue weighted by Crippen LogP contribution is 2.64. The summed E-state index contributed by atoms with van der Waals surface area (Å²) in [6.45, 7) is 18.5. The summed E-state index contributed by atoms with van der Waals surface area (Å²) in [5.74, 6) is 0. The fourth-order valence-corrected chi connectivity index (χ4v) is 7.47. The lowest BCUT2D eigenvalue weighted by Crippen LogP contribution is -2.38. The van der Waals surface area contributed by atoms with E-state index in [4.69, 9.17) is 9.05 Å². The average Bonchev–Trinajstić information content (AvgIpc) is 2.79. The first-order valence-electron chi connectivity index (χ1n) is 13.0. The van der Waals surface area contributed by atoms with Gasteiger partial charge in [0.05, 0.1) is 21.0 Å². The van der Waals surface area contributed by atoms with Crippen molar-refractivity contribution < 1.29 is 23.5 Å². The van der Waals surface area contributed by atoms with E-state index < -0.39 is 40.6 Å². The van der Waals surface area contributed by atoms with Gasteiger partial charge in [0.2, 0.25) is 0 Å². The molecule has 0 amide bonds. The van der Waals surface area contributed by atoms with Gasteiger partial charge in [0, 0.05) is 24.2 Å². The minimum absolute atomic E-state index is 0.157. The molecule has 216 valence electrons. The molecule has 2 atom stereocenters. The molecular weight excluding hydrogens is 521 g/mol. The lowest BCUT2D eigenvalue weighted by molar-refractivity contribution is -0.386. The van der Waals surface area contributed by atoms with E-state index in [2.05, 4.69) is 0 Å². The summed E-state index contributed by atoms with van der Waals surface area (Å²) in [4.78, 5) is 22.9. The minimum Gasteiger partial charge on any atom is -0.288 e. The second-order valence-corrected chi connectivity index (χ2v) is 14.2. The summed E-state index contributed by atoms with van der Waals surface area (Å²) in [6.07, 6.45) is -2.01. The van der Waals surface area contributed by atoms with Crippen molar-refractivity contribution in [2.24, 2.45) is 10.8 Å². The predicted molar refractivity (Wildman–Crippen MR) is 152 cm³/mol. The van der Waals surface area contributed by atoms with Gasteiger partial charge in [-0.05, 0) is 50.7 Å². The van der Waals surface area contributed by atoms with E-state index in [1.165, 1.54) is 12.1 Å². The maximum Gasteiger partial charge on any atom is 0.409 e. The van der Waals surface area contributed by atoms with E-state index in [1.807, 2.05) is 69.2 Å². The fraction of sp³-hybridized carbons (Fsp3) is 0.571. The quantitative estimate of drug-likeness (QED) is 0.151. The third kappa shape index (κ3) is 7.72. The van der Waals surface area contributed by atoms with E-state index in [9.17, 15) is 20.2 Å². The average molecular weight is 564 g/mol. The van der Waals surface area contributed by atoms with Crippen molar-refractivity contribution in [1.82, 2.24) is 4.67 Å². The molecule has 0 fully saturated rings. The maximum atomic E-state index is 15.2. The van der Waals surface area contributed by atoms with Crippen LogP contribution in [0.15, 0.2) is 48.5 Å². The molecule has 0 radical (unpaired) electrons. The first-order chi connectivity index (χ1) is 17.8. The summed E-state index contributed by atoms with van der Waals surface area (Å²) >= 11 is 0. The normalized spacial score (nSPS) is 15.8. The van der Waals surface area contributed by atoms with Crippen LogP contribution in [-0.4, -0.2) is 26.6 Å². The van der Waals surface area contributed by atoms with Gasteiger partial charge in [-0.2, -0.15) is 0 Å². The monoisotopic (exact) mass is 563 g/mol. The molecule has 0 heterocycles. The Bertz CT molecular complexity index is 1130. The Labute approximate surface area is 231 Å². The van der Waals surface area contributed by atoms with Crippen molar-refractivity contribution in [3.63, 3.8) is 0 Å². The van der Waals surface area contributed by atoms with Gasteiger partial charge in [0.1, 0.15) is 12.2 Å². The van der Waals surface area contributed by atoms with E-state index in [1.54, 1.807) is 41.1 Å². The predicted octanol–water partition coefficient (Wildman–Crippen LogP) is 8.64. The summed E-state index contributed by atoms with van der Waals surface area (Å²) in [7, 11) is -4.29. The molecule has 0 aliphatic rings. The van der Waals surface area contributed by atoms with E-state index in [-0.39, 0.29) is 34.6 Å². The molecule has 0 N–H and O–H groups in total. The molecule has 2 rings (SSSR count). The van der Waals surface area contributed by atoms with Crippen LogP contribution < -0.4 is 0 Å². The molecule has 2 aromatic rings. The zero-order chi connectivity index (χ0) is 29.9. The fourth-order valence-electron chi connectivity index (χ4n) is 4.68. The highest BCUT2D eigenvalue weighted by atomic mass is 31.2. The van der Waals surface area contributed by atoms with Crippen molar-refractivity contribution in [2.75, 3.05) is 0 Å². The molecule has 0 saturated heterocycles. The first-order valence-corrected chi connectivity index (χ1v) is 14.5. The van der Waals surface area contributed by atoms with Crippen molar-refractivity contribution >= 4 is 19.1 Å². The van der Waals surface area contributed by atoms with Crippen LogP contribution in [0.25, 0.3) is 0 Å². The van der Waals surface area contributed by atoms with E-state index in [0.717, 1.165) is 0 Å². The zero-order valence-electron chi connectivity index (χ0n) is 24.6. The standard InChI is InChI=1S/C28H42N3O7P/c1-19(2)29(20(3)4)39(36,37-25(27(5,6)7)21-15-11-13-17-23(21)30(32)33)38-26(28(8,9)10)22-16-12-14-18-24(22)31(34)35/h11-20,25-26H,1-10H3. The number of rotatable bonds is 11. The van der Waals surface area contributed by atoms with Crippen molar-refractivity contribution in [3.05, 3.63) is 79.9 Å². The number of nitro groups is 2. The Balaban J connectivity index is 2.84. The molecule has 39 heavy (non-hydrogen) atoms. The van der Waals surface area contributed by atoms with Gasteiger partial charge in [-0.25, -0.2) is 9.24 Å². The van der Waals surface area contributed by atoms with Crippen LogP contribution in [0.3, 0.4) is 0 Å². The Morgan fingerprint density at radius 2 is 1.00 bits per heavy atom. The Kier molecular flexibility index (Phi) is 10.2. The minimum atomic E-state index is -4.29. The van der Waals surface area contributed by atoms with Crippen LogP contribution in [0.1, 0.15) is 92.6 Å². The van der Waals surface area contributed by atoms with Gasteiger partial charge in [-0.3, -0.25) is 29.3 Å². The summed E-state index contributed by atoms with van der Waals surface area (Å²) in [5, 5.41) is 23.9. The smallest absolute Gasteiger partial charge is 0.288 e. The SMILES string of the molecule is CC(C)N(C(C)C)P(=O)(OC(c1ccccc1[N+](=O)[O-])C(C)(C)C)OC(c1ccccc1[N+](=O)[O-])C(C)(C)C. The third-order valence-electron chi connectivity index (χ3n) is 6.22. The van der Waals surface area contributed by atoms with Crippen LogP contribution >= 0.6 is 7.75 Å². The van der Waals surface area contributed by atoms with Gasteiger partial charge in [0.25, 0.3) is 11.4 Å². The number of benzene rings is 2. The zero-order valence-corrected chi connectivity index (χ0v) is 25.5. The van der Waals surface area contributed by atoms with Gasteiger partial charge in [0.15, 0.2) is 0 Å². The van der Waals surface area contributed by atoms with Gasteiger partial charge in [-0.1, -0.05) is 65.8 Å². The molecule has 0 spiro atoms. The topological polar surface area (TPSA) is 125 Å². The Morgan fingerprint density at radius 1 is 0.692 bits per heavy atom. The molecule has 0 bridgehead atoms. The van der Waals surface area contributed by atoms with Gasteiger partial charge < -0.3 is 0 Å². The van der Waals surface area contributed by atoms with E-state index in [0.29, 0.717) is 0 Å². The molecular formula is C28H42N3O7P. The summed E-state index contributed by atoms with van der Waals surface area (Å²) in [5.41, 5.74) is -1.25. The number of hydrogen-bond donors (Lipinski definition) is 0. The van der Waals surface area contributed by atoms with Crippen LogP contribution in [0.5, 0.6) is 0 Å². The molecule has 0 aromatic heterocycles. The third-order valence-corrected chi connectivity index (χ3v) is 8.67. The maximum absolute atomic E-state index is 15.2. The molecule has 11 heteroatoms. The van der Waals surface area contributed by atoms with Gasteiger partial charge in [-0.15, -0.1) is 0 Å². The summed E-state index contributed by atoms with van der Waals surface area (Å²) < 4.78 is 29.8. The number of nitrogens with zero attached hydrogens (tertiary/aromatic N) is 3. The number of para-hydroxylation sites is 2. The second kappa shape index (κ2) is 12.3. The number of hydrogen-bond acceptors (Lipinski definition) is 7. The molecule has 0 saturated carbocycles. The van der Waals surface area contributed by atoms with Crippen LogP contribution in [-0.2, 0) is 13.6 Å². The second-order valence-electron chi connectivity index (χ2n) is 12.4. The molecule has 10 nitrogen and oxygen atoms in total. The van der Waals surface area contributed by atoms with Crippen molar-refractivity contribution in [3.8, 4) is 0 Å². The van der Waals surface area contributed by atoms with Crippen molar-refractivity contribution in [1.29, 1.82) is 0 Å². The lowest BCUT2D eigenvalue weighted by atomic mass is 9.84. The lowest BCUT2D eigenvalue weighted by Gasteiger charge is -2.43. The molecule has 2 aromatic carbocycles. The molecule has 0 aliphatic heterocycles. The molecule has 0 aliphatic carbocycles. The Hall–Kier alpha value is -2.65. The largest absolute Gasteiger partial charge is 0.409 e. The highest BCUT2D eigenvalue weighted by Gasteiger charge is 2.48. The first kappa shape index (κ1) is 32.6. The van der Waals surface area contributed by atoms with Crippen LogP contribution in [0.4, 0.5) is 11.4 Å². The summed E-state index contributed by atoms with van der Waals surface area (Å²) in [6, 6.07) is 11.8. The Morgan fingerprint density at radius 3 is 1.26 bits per heavy atom. The molecule has 2 unspecified atom stereocenters. The van der Waals surface area contributed by atoms with E-state index >= 15 is 4.57 Å². The number of nitro benzene ring substituents is 2. The highest BCUT2D eigenvalue weighted by molar-refractivity contribution is 7.51. The van der Waals surface area contributed by atoms with Gasteiger partial charge >= 0.3 is 7.75 Å². The van der Waals surface area contributed by atoms with Crippen LogP contribution in [0, 0.1) is 31.1 Å².